The maximum atomic E-state index is 12.6. The Labute approximate surface area is 160 Å². The largest absolute Gasteiger partial charge is 0.508 e. The third-order valence-corrected chi connectivity index (χ3v) is 4.56. The summed E-state index contributed by atoms with van der Waals surface area (Å²) in [7, 11) is 0. The summed E-state index contributed by atoms with van der Waals surface area (Å²) in [5, 5.41) is 38.0. The third-order valence-electron chi connectivity index (χ3n) is 4.56. The molecule has 148 valence electrons. The Morgan fingerprint density at radius 2 is 0.964 bits per heavy atom. The second-order valence-electron chi connectivity index (χ2n) is 6.71. The minimum absolute atomic E-state index is 0.0295. The van der Waals surface area contributed by atoms with E-state index in [2.05, 4.69) is 0 Å². The predicted molar refractivity (Wildman–Crippen MR) is 96.3 cm³/mol. The summed E-state index contributed by atoms with van der Waals surface area (Å²) in [4.78, 5) is 25.2. The Balaban J connectivity index is 1.73. The highest BCUT2D eigenvalue weighted by Crippen LogP contribution is 2.35. The first-order chi connectivity index (χ1) is 13.3. The number of carbonyl (C=O) groups is 2. The predicted octanol–water partition coefficient (Wildman–Crippen LogP) is 2.83. The molecule has 0 bridgehead atoms. The van der Waals surface area contributed by atoms with Crippen molar-refractivity contribution in [2.24, 2.45) is 11.8 Å². The Morgan fingerprint density at radius 1 is 0.643 bits per heavy atom. The van der Waals surface area contributed by atoms with Gasteiger partial charge in [-0.25, -0.2) is 0 Å². The number of rotatable bonds is 4. The van der Waals surface area contributed by atoms with Crippen molar-refractivity contribution in [2.75, 3.05) is 0 Å². The van der Waals surface area contributed by atoms with Gasteiger partial charge in [-0.2, -0.15) is 0 Å². The maximum absolute atomic E-state index is 12.6. The van der Waals surface area contributed by atoms with Crippen LogP contribution in [0.4, 0.5) is 0 Å². The Kier molecular flexibility index (Phi) is 5.58. The van der Waals surface area contributed by atoms with E-state index < -0.39 is 23.8 Å². The number of benzene rings is 2. The SMILES string of the molecule is O=C(Oc1cc(O)cc(O)c1)C1CCCCC1C(=O)Oc1cc(O)cc(O)c1. The van der Waals surface area contributed by atoms with Crippen LogP contribution in [-0.2, 0) is 9.59 Å². The van der Waals surface area contributed by atoms with E-state index in [9.17, 15) is 30.0 Å². The van der Waals surface area contributed by atoms with E-state index in [1.165, 1.54) is 24.3 Å². The zero-order chi connectivity index (χ0) is 20.3. The van der Waals surface area contributed by atoms with Gasteiger partial charge in [0.2, 0.25) is 0 Å². The first kappa shape index (κ1) is 19.3. The van der Waals surface area contributed by atoms with Crippen LogP contribution in [0.5, 0.6) is 34.5 Å². The smallest absolute Gasteiger partial charge is 0.315 e. The number of hydrogen-bond donors (Lipinski definition) is 4. The first-order valence-electron chi connectivity index (χ1n) is 8.81. The molecule has 2 aromatic carbocycles. The Morgan fingerprint density at radius 3 is 1.29 bits per heavy atom. The lowest BCUT2D eigenvalue weighted by Gasteiger charge is -2.28. The van der Waals surface area contributed by atoms with E-state index in [-0.39, 0.29) is 34.5 Å². The maximum Gasteiger partial charge on any atom is 0.315 e. The van der Waals surface area contributed by atoms with Gasteiger partial charge in [0.25, 0.3) is 0 Å². The van der Waals surface area contributed by atoms with Crippen LogP contribution < -0.4 is 9.47 Å². The van der Waals surface area contributed by atoms with Gasteiger partial charge < -0.3 is 29.9 Å². The van der Waals surface area contributed by atoms with Gasteiger partial charge in [-0.15, -0.1) is 0 Å². The van der Waals surface area contributed by atoms with Crippen LogP contribution in [0.3, 0.4) is 0 Å². The Hall–Kier alpha value is -3.42. The van der Waals surface area contributed by atoms with Crippen molar-refractivity contribution in [1.82, 2.24) is 0 Å². The second-order valence-corrected chi connectivity index (χ2v) is 6.71. The molecule has 1 aliphatic carbocycles. The minimum atomic E-state index is -0.753. The molecule has 2 aromatic rings. The van der Waals surface area contributed by atoms with E-state index in [0.717, 1.165) is 25.0 Å². The summed E-state index contributed by atoms with van der Waals surface area (Å²) >= 11 is 0. The molecular formula is C20H20O8. The molecule has 0 amide bonds. The monoisotopic (exact) mass is 388 g/mol. The number of hydrogen-bond acceptors (Lipinski definition) is 8. The van der Waals surface area contributed by atoms with Crippen LogP contribution in [0.2, 0.25) is 0 Å². The van der Waals surface area contributed by atoms with E-state index in [1.54, 1.807) is 0 Å². The van der Waals surface area contributed by atoms with Crippen LogP contribution in [0.25, 0.3) is 0 Å². The molecule has 0 aromatic heterocycles. The molecule has 0 spiro atoms. The molecule has 1 fully saturated rings. The van der Waals surface area contributed by atoms with Crippen molar-refractivity contribution in [1.29, 1.82) is 0 Å². The van der Waals surface area contributed by atoms with Crippen molar-refractivity contribution in [3.8, 4) is 34.5 Å². The zero-order valence-corrected chi connectivity index (χ0v) is 14.9. The topological polar surface area (TPSA) is 134 Å². The normalized spacial score (nSPS) is 19.0. The molecule has 8 heteroatoms. The fourth-order valence-corrected chi connectivity index (χ4v) is 3.33. The molecule has 1 aliphatic rings. The standard InChI is InChI=1S/C20H20O8/c21-11-5-12(22)8-15(7-11)27-19(25)17-3-1-2-4-18(17)20(26)28-16-9-13(23)6-14(24)10-16/h5-10,17-18,21-24H,1-4H2. The van der Waals surface area contributed by atoms with Crippen molar-refractivity contribution >= 4 is 11.9 Å². The fraction of sp³-hybridized carbons (Fsp3) is 0.300. The van der Waals surface area contributed by atoms with Crippen molar-refractivity contribution in [3.63, 3.8) is 0 Å². The number of phenols is 4. The molecule has 4 N–H and O–H groups in total. The minimum Gasteiger partial charge on any atom is -0.508 e. The van der Waals surface area contributed by atoms with Gasteiger partial charge >= 0.3 is 11.9 Å². The van der Waals surface area contributed by atoms with Gasteiger partial charge in [-0.1, -0.05) is 12.8 Å². The lowest BCUT2D eigenvalue weighted by Crippen LogP contribution is -2.37. The van der Waals surface area contributed by atoms with Crippen molar-refractivity contribution in [2.45, 2.75) is 25.7 Å². The first-order valence-corrected chi connectivity index (χ1v) is 8.81. The lowest BCUT2D eigenvalue weighted by molar-refractivity contribution is -0.152. The molecule has 0 saturated heterocycles. The summed E-state index contributed by atoms with van der Waals surface area (Å²) < 4.78 is 10.5. The van der Waals surface area contributed by atoms with Crippen LogP contribution >= 0.6 is 0 Å². The van der Waals surface area contributed by atoms with Gasteiger partial charge in [0.05, 0.1) is 11.8 Å². The van der Waals surface area contributed by atoms with Crippen LogP contribution in [-0.4, -0.2) is 32.4 Å². The number of aromatic hydroxyl groups is 4. The molecule has 0 aliphatic heterocycles. The van der Waals surface area contributed by atoms with Crippen LogP contribution in [0.1, 0.15) is 25.7 Å². The van der Waals surface area contributed by atoms with Crippen LogP contribution in [0, 0.1) is 11.8 Å². The molecule has 28 heavy (non-hydrogen) atoms. The van der Waals surface area contributed by atoms with Crippen LogP contribution in [0.15, 0.2) is 36.4 Å². The number of esters is 2. The summed E-state index contributed by atoms with van der Waals surface area (Å²) in [6.07, 6.45) is 2.33. The van der Waals surface area contributed by atoms with E-state index >= 15 is 0 Å². The average Bonchev–Trinajstić information content (AvgIpc) is 2.59. The molecular weight excluding hydrogens is 368 g/mol. The van der Waals surface area contributed by atoms with E-state index in [0.29, 0.717) is 12.8 Å². The number of carbonyl (C=O) groups excluding carboxylic acids is 2. The second kappa shape index (κ2) is 8.08. The van der Waals surface area contributed by atoms with Crippen molar-refractivity contribution in [3.05, 3.63) is 36.4 Å². The Bertz CT molecular complexity index is 778. The number of phenolic OH excluding ortho intramolecular Hbond substituents is 4. The van der Waals surface area contributed by atoms with Gasteiger partial charge in [0.1, 0.15) is 34.5 Å². The van der Waals surface area contributed by atoms with Gasteiger partial charge in [-0.3, -0.25) is 9.59 Å². The highest BCUT2D eigenvalue weighted by atomic mass is 16.5. The average molecular weight is 388 g/mol. The summed E-state index contributed by atoms with van der Waals surface area (Å²) in [5.41, 5.74) is 0. The summed E-state index contributed by atoms with van der Waals surface area (Å²) in [6.45, 7) is 0. The van der Waals surface area contributed by atoms with E-state index in [1.807, 2.05) is 0 Å². The highest BCUT2D eigenvalue weighted by molar-refractivity contribution is 5.84. The molecule has 1 saturated carbocycles. The fourth-order valence-electron chi connectivity index (χ4n) is 3.33. The van der Waals surface area contributed by atoms with Crippen molar-refractivity contribution < 1.29 is 39.5 Å². The zero-order valence-electron chi connectivity index (χ0n) is 14.9. The van der Waals surface area contributed by atoms with E-state index in [4.69, 9.17) is 9.47 Å². The molecule has 0 radical (unpaired) electrons. The van der Waals surface area contributed by atoms with Gasteiger partial charge in [0.15, 0.2) is 0 Å². The molecule has 8 nitrogen and oxygen atoms in total. The molecule has 3 rings (SSSR count). The molecule has 0 heterocycles. The van der Waals surface area contributed by atoms with Gasteiger partial charge in [-0.05, 0) is 12.8 Å². The van der Waals surface area contributed by atoms with Gasteiger partial charge in [0, 0.05) is 36.4 Å². The summed E-state index contributed by atoms with van der Waals surface area (Å²) in [5.74, 6) is -3.92. The quantitative estimate of drug-likeness (QED) is 0.464. The third kappa shape index (κ3) is 4.64. The summed E-state index contributed by atoms with van der Waals surface area (Å²) in [6, 6.07) is 6.94. The molecule has 2 unspecified atom stereocenters. The number of ether oxygens (including phenoxy) is 2. The lowest BCUT2D eigenvalue weighted by atomic mass is 9.79. The highest BCUT2D eigenvalue weighted by Gasteiger charge is 2.38. The molecule has 2 atom stereocenters.